The third kappa shape index (κ3) is 3.72. The third-order valence-corrected chi connectivity index (χ3v) is 6.98. The van der Waals surface area contributed by atoms with Gasteiger partial charge in [0.25, 0.3) is 5.91 Å². The van der Waals surface area contributed by atoms with Crippen molar-refractivity contribution in [3.8, 4) is 0 Å². The van der Waals surface area contributed by atoms with Crippen molar-refractivity contribution in [2.45, 2.75) is 25.6 Å². The molecule has 0 saturated carbocycles. The molecule has 2 aromatic rings. The molecule has 2 fully saturated rings. The highest BCUT2D eigenvalue weighted by molar-refractivity contribution is 7.91. The Balaban J connectivity index is 1.59. The van der Waals surface area contributed by atoms with E-state index in [1.54, 1.807) is 35.8 Å². The lowest BCUT2D eigenvalue weighted by molar-refractivity contribution is 0.0305. The maximum atomic E-state index is 13.0. The zero-order valence-electron chi connectivity index (χ0n) is 15.2. The molecule has 0 bridgehead atoms. The molecule has 8 heteroatoms. The Labute approximate surface area is 159 Å². The molecule has 0 N–H and O–H groups in total. The van der Waals surface area contributed by atoms with Gasteiger partial charge >= 0.3 is 0 Å². The van der Waals surface area contributed by atoms with Crippen molar-refractivity contribution in [3.63, 3.8) is 0 Å². The van der Waals surface area contributed by atoms with Crippen LogP contribution < -0.4 is 0 Å². The SMILES string of the molecule is Cc1cncc(C(=O)N2CCN(Cc3cccnc3)[C@@H]3CS(=O)(=O)C[C@@H]32)c1. The number of hydrogen-bond acceptors (Lipinski definition) is 6. The molecule has 1 amide bonds. The predicted octanol–water partition coefficient (Wildman–Crippen LogP) is 0.909. The summed E-state index contributed by atoms with van der Waals surface area (Å²) in [6.07, 6.45) is 6.77. The Morgan fingerprint density at radius 3 is 2.70 bits per heavy atom. The van der Waals surface area contributed by atoms with E-state index in [4.69, 9.17) is 0 Å². The molecule has 27 heavy (non-hydrogen) atoms. The first-order valence-electron chi connectivity index (χ1n) is 8.99. The monoisotopic (exact) mass is 386 g/mol. The van der Waals surface area contributed by atoms with E-state index in [2.05, 4.69) is 14.9 Å². The predicted molar refractivity (Wildman–Crippen MR) is 101 cm³/mol. The van der Waals surface area contributed by atoms with Crippen LogP contribution in [0.15, 0.2) is 43.0 Å². The van der Waals surface area contributed by atoms with Gasteiger partial charge in [-0.3, -0.25) is 19.7 Å². The van der Waals surface area contributed by atoms with Gasteiger partial charge < -0.3 is 4.90 Å². The molecular formula is C19H22N4O3S. The Morgan fingerprint density at radius 2 is 1.96 bits per heavy atom. The number of carbonyl (C=O) groups is 1. The summed E-state index contributed by atoms with van der Waals surface area (Å²) in [5.41, 5.74) is 2.47. The molecule has 0 aromatic carbocycles. The van der Waals surface area contributed by atoms with Crippen LogP contribution in [-0.4, -0.2) is 70.8 Å². The van der Waals surface area contributed by atoms with E-state index in [1.165, 1.54) is 0 Å². The maximum Gasteiger partial charge on any atom is 0.255 e. The van der Waals surface area contributed by atoms with Gasteiger partial charge in [-0.1, -0.05) is 6.07 Å². The fraction of sp³-hybridized carbons (Fsp3) is 0.421. The second kappa shape index (κ2) is 7.01. The van der Waals surface area contributed by atoms with Gasteiger partial charge in [-0.05, 0) is 30.2 Å². The highest BCUT2D eigenvalue weighted by Gasteiger charge is 2.48. The number of aryl methyl sites for hydroxylation is 1. The Bertz CT molecular complexity index is 948. The van der Waals surface area contributed by atoms with E-state index in [1.807, 2.05) is 19.1 Å². The van der Waals surface area contributed by atoms with Crippen LogP contribution in [0, 0.1) is 6.92 Å². The summed E-state index contributed by atoms with van der Waals surface area (Å²) < 4.78 is 24.7. The molecule has 0 aliphatic carbocycles. The summed E-state index contributed by atoms with van der Waals surface area (Å²) in [5, 5.41) is 0. The fourth-order valence-electron chi connectivity index (χ4n) is 4.04. The first-order chi connectivity index (χ1) is 12.9. The molecule has 0 spiro atoms. The molecule has 4 heterocycles. The lowest BCUT2D eigenvalue weighted by atomic mass is 10.0. The number of sulfone groups is 1. The zero-order valence-corrected chi connectivity index (χ0v) is 16.0. The van der Waals surface area contributed by atoms with Gasteiger partial charge in [-0.15, -0.1) is 0 Å². The van der Waals surface area contributed by atoms with Crippen molar-refractivity contribution in [2.24, 2.45) is 0 Å². The number of fused-ring (bicyclic) bond motifs is 1. The van der Waals surface area contributed by atoms with E-state index in [0.717, 1.165) is 11.1 Å². The number of rotatable bonds is 3. The lowest BCUT2D eigenvalue weighted by Crippen LogP contribution is -2.60. The van der Waals surface area contributed by atoms with Crippen molar-refractivity contribution in [1.82, 2.24) is 19.8 Å². The molecule has 2 aliphatic heterocycles. The van der Waals surface area contributed by atoms with Gasteiger partial charge in [-0.25, -0.2) is 8.42 Å². The molecule has 0 unspecified atom stereocenters. The Kier molecular flexibility index (Phi) is 4.69. The normalized spacial score (nSPS) is 24.6. The number of nitrogens with zero attached hydrogens (tertiary/aromatic N) is 4. The van der Waals surface area contributed by atoms with Crippen molar-refractivity contribution < 1.29 is 13.2 Å². The largest absolute Gasteiger partial charge is 0.332 e. The van der Waals surface area contributed by atoms with E-state index in [9.17, 15) is 13.2 Å². The molecule has 7 nitrogen and oxygen atoms in total. The van der Waals surface area contributed by atoms with Crippen molar-refractivity contribution in [2.75, 3.05) is 24.6 Å². The maximum absolute atomic E-state index is 13.0. The van der Waals surface area contributed by atoms with Crippen LogP contribution in [0.25, 0.3) is 0 Å². The molecular weight excluding hydrogens is 364 g/mol. The Hall–Kier alpha value is -2.32. The van der Waals surface area contributed by atoms with Gasteiger partial charge in [-0.2, -0.15) is 0 Å². The summed E-state index contributed by atoms with van der Waals surface area (Å²) in [6, 6.07) is 5.15. The first kappa shape index (κ1) is 18.1. The standard InChI is InChI=1S/C19H22N4O3S/c1-14-7-16(10-21-8-14)19(24)23-6-5-22(11-15-3-2-4-20-9-15)17-12-27(25,26)13-18(17)23/h2-4,7-10,17-18H,5-6,11-13H2,1H3/t17-,18+/m1/s1. The molecule has 2 atom stereocenters. The quantitative estimate of drug-likeness (QED) is 0.780. The van der Waals surface area contributed by atoms with Crippen molar-refractivity contribution in [1.29, 1.82) is 0 Å². The summed E-state index contributed by atoms with van der Waals surface area (Å²) in [5.74, 6) is -0.0284. The molecule has 2 saturated heterocycles. The average Bonchev–Trinajstić information content (AvgIpc) is 2.98. The summed E-state index contributed by atoms with van der Waals surface area (Å²) in [4.78, 5) is 25.2. The van der Waals surface area contributed by atoms with E-state index < -0.39 is 9.84 Å². The highest BCUT2D eigenvalue weighted by Crippen LogP contribution is 2.29. The van der Waals surface area contributed by atoms with E-state index >= 15 is 0 Å². The molecule has 4 rings (SSSR count). The number of piperazine rings is 1. The Morgan fingerprint density at radius 1 is 1.15 bits per heavy atom. The minimum Gasteiger partial charge on any atom is -0.332 e. The molecule has 2 aliphatic rings. The second-order valence-corrected chi connectivity index (χ2v) is 9.45. The van der Waals surface area contributed by atoms with E-state index in [0.29, 0.717) is 25.2 Å². The number of carbonyl (C=O) groups excluding carboxylic acids is 1. The highest BCUT2D eigenvalue weighted by atomic mass is 32.2. The number of amides is 1. The summed E-state index contributed by atoms with van der Waals surface area (Å²) in [6.45, 7) is 3.66. The minimum atomic E-state index is -3.18. The number of pyridine rings is 2. The molecule has 142 valence electrons. The first-order valence-corrected chi connectivity index (χ1v) is 10.8. The lowest BCUT2D eigenvalue weighted by Gasteiger charge is -2.44. The minimum absolute atomic E-state index is 0.0200. The van der Waals surface area contributed by atoms with Crippen LogP contribution in [0.4, 0.5) is 0 Å². The fourth-order valence-corrected chi connectivity index (χ4v) is 6.05. The van der Waals surface area contributed by atoms with Crippen LogP contribution in [0.2, 0.25) is 0 Å². The molecule has 2 aromatic heterocycles. The summed E-state index contributed by atoms with van der Waals surface area (Å²) >= 11 is 0. The number of aromatic nitrogens is 2. The topological polar surface area (TPSA) is 83.5 Å². The number of hydrogen-bond donors (Lipinski definition) is 0. The summed E-state index contributed by atoms with van der Waals surface area (Å²) in [7, 11) is -3.18. The van der Waals surface area contributed by atoms with Gasteiger partial charge in [0.1, 0.15) is 0 Å². The van der Waals surface area contributed by atoms with Crippen molar-refractivity contribution >= 4 is 15.7 Å². The van der Waals surface area contributed by atoms with Gasteiger partial charge in [0, 0.05) is 50.5 Å². The van der Waals surface area contributed by atoms with Crippen molar-refractivity contribution in [3.05, 3.63) is 59.7 Å². The molecule has 0 radical (unpaired) electrons. The van der Waals surface area contributed by atoms with Gasteiger partial charge in [0.05, 0.1) is 23.1 Å². The van der Waals surface area contributed by atoms with Gasteiger partial charge in [0.2, 0.25) is 0 Å². The van der Waals surface area contributed by atoms with Crippen LogP contribution in [0.5, 0.6) is 0 Å². The third-order valence-electron chi connectivity index (χ3n) is 5.28. The van der Waals surface area contributed by atoms with Crippen LogP contribution in [0.1, 0.15) is 21.5 Å². The van der Waals surface area contributed by atoms with E-state index in [-0.39, 0.29) is 29.5 Å². The van der Waals surface area contributed by atoms with Crippen LogP contribution in [-0.2, 0) is 16.4 Å². The van der Waals surface area contributed by atoms with Crippen LogP contribution in [0.3, 0.4) is 0 Å². The average molecular weight is 386 g/mol. The smallest absolute Gasteiger partial charge is 0.255 e. The zero-order chi connectivity index (χ0) is 19.0. The second-order valence-electron chi connectivity index (χ2n) is 7.29. The van der Waals surface area contributed by atoms with Crippen LogP contribution >= 0.6 is 0 Å². The van der Waals surface area contributed by atoms with Gasteiger partial charge in [0.15, 0.2) is 9.84 Å².